The van der Waals surface area contributed by atoms with Gasteiger partial charge in [-0.1, -0.05) is 25.3 Å². The third-order valence-corrected chi connectivity index (χ3v) is 5.04. The average molecular weight is 346 g/mol. The molecule has 6 heteroatoms. The van der Waals surface area contributed by atoms with Crippen LogP contribution in [0, 0.1) is 5.41 Å². The molecule has 0 bridgehead atoms. The van der Waals surface area contributed by atoms with Crippen molar-refractivity contribution in [3.63, 3.8) is 0 Å². The van der Waals surface area contributed by atoms with Crippen LogP contribution in [0.2, 0.25) is 0 Å². The molecule has 1 saturated carbocycles. The number of aliphatic carboxylic acids is 1. The predicted molar refractivity (Wildman–Crippen MR) is 94.6 cm³/mol. The number of benzene rings is 1. The number of rotatable bonds is 6. The van der Waals surface area contributed by atoms with Gasteiger partial charge < -0.3 is 15.3 Å². The molecule has 0 unspecified atom stereocenters. The maximum atomic E-state index is 12.4. The molecular weight excluding hydrogens is 320 g/mol. The third-order valence-electron chi connectivity index (χ3n) is 5.04. The molecule has 2 amide bonds. The molecule has 0 aromatic heterocycles. The van der Waals surface area contributed by atoms with Gasteiger partial charge in [0.2, 0.25) is 0 Å². The van der Waals surface area contributed by atoms with Crippen LogP contribution in [0.1, 0.15) is 59.7 Å². The molecule has 0 heterocycles. The number of carboxylic acid groups (broad SMARTS) is 1. The van der Waals surface area contributed by atoms with E-state index in [1.54, 1.807) is 36.2 Å². The Labute approximate surface area is 148 Å². The molecule has 25 heavy (non-hydrogen) atoms. The number of nitrogens with zero attached hydrogens (tertiary/aromatic N) is 1. The fourth-order valence-electron chi connectivity index (χ4n) is 3.20. The van der Waals surface area contributed by atoms with Gasteiger partial charge >= 0.3 is 5.97 Å². The Morgan fingerprint density at radius 1 is 1.16 bits per heavy atom. The molecule has 0 spiro atoms. The summed E-state index contributed by atoms with van der Waals surface area (Å²) in [7, 11) is 1.70. The predicted octanol–water partition coefficient (Wildman–Crippen LogP) is 2.54. The second kappa shape index (κ2) is 8.14. The van der Waals surface area contributed by atoms with Gasteiger partial charge in [0.05, 0.1) is 5.41 Å². The minimum atomic E-state index is -0.871. The van der Waals surface area contributed by atoms with E-state index in [1.807, 2.05) is 6.92 Å². The molecule has 0 saturated heterocycles. The minimum absolute atomic E-state index is 0.119. The van der Waals surface area contributed by atoms with Crippen LogP contribution < -0.4 is 5.32 Å². The second-order valence-electron chi connectivity index (χ2n) is 6.73. The van der Waals surface area contributed by atoms with Crippen molar-refractivity contribution in [2.75, 3.05) is 20.1 Å². The van der Waals surface area contributed by atoms with Crippen molar-refractivity contribution in [3.8, 4) is 0 Å². The normalized spacial score (nSPS) is 16.1. The number of carboxylic acids is 1. The van der Waals surface area contributed by atoms with Crippen LogP contribution >= 0.6 is 0 Å². The molecule has 1 fully saturated rings. The minimum Gasteiger partial charge on any atom is -0.481 e. The SMILES string of the molecule is CCN(C)C(=O)c1cccc(C(=O)NCC2(C(=O)O)CCCCC2)c1. The number of hydrogen-bond acceptors (Lipinski definition) is 3. The lowest BCUT2D eigenvalue weighted by Crippen LogP contribution is -2.44. The van der Waals surface area contributed by atoms with Gasteiger partial charge in [-0.3, -0.25) is 14.4 Å². The van der Waals surface area contributed by atoms with Crippen molar-refractivity contribution < 1.29 is 19.5 Å². The van der Waals surface area contributed by atoms with E-state index in [0.717, 1.165) is 19.3 Å². The van der Waals surface area contributed by atoms with Gasteiger partial charge in [0.1, 0.15) is 0 Å². The van der Waals surface area contributed by atoms with Crippen molar-refractivity contribution in [1.82, 2.24) is 10.2 Å². The van der Waals surface area contributed by atoms with E-state index in [0.29, 0.717) is 30.5 Å². The molecule has 1 aliphatic carbocycles. The van der Waals surface area contributed by atoms with Crippen LogP contribution in [-0.4, -0.2) is 47.9 Å². The van der Waals surface area contributed by atoms with Crippen LogP contribution in [0.5, 0.6) is 0 Å². The van der Waals surface area contributed by atoms with E-state index in [1.165, 1.54) is 0 Å². The molecule has 136 valence electrons. The zero-order valence-corrected chi connectivity index (χ0v) is 14.9. The number of amides is 2. The van der Waals surface area contributed by atoms with Crippen molar-refractivity contribution in [1.29, 1.82) is 0 Å². The van der Waals surface area contributed by atoms with Crippen molar-refractivity contribution in [2.45, 2.75) is 39.0 Å². The quantitative estimate of drug-likeness (QED) is 0.829. The highest BCUT2D eigenvalue weighted by molar-refractivity contribution is 5.99. The summed E-state index contributed by atoms with van der Waals surface area (Å²) in [6.45, 7) is 2.58. The molecule has 2 rings (SSSR count). The number of nitrogens with one attached hydrogen (secondary N) is 1. The summed E-state index contributed by atoms with van der Waals surface area (Å²) in [6, 6.07) is 6.52. The van der Waals surface area contributed by atoms with Crippen LogP contribution in [0.3, 0.4) is 0 Å². The zero-order valence-electron chi connectivity index (χ0n) is 14.9. The highest BCUT2D eigenvalue weighted by atomic mass is 16.4. The van der Waals surface area contributed by atoms with Crippen molar-refractivity contribution in [2.24, 2.45) is 5.41 Å². The average Bonchev–Trinajstić information content (AvgIpc) is 2.65. The summed E-state index contributed by atoms with van der Waals surface area (Å²) in [6.07, 6.45) is 3.95. The van der Waals surface area contributed by atoms with Gasteiger partial charge in [0.15, 0.2) is 0 Å². The third kappa shape index (κ3) is 4.38. The van der Waals surface area contributed by atoms with E-state index in [9.17, 15) is 19.5 Å². The van der Waals surface area contributed by atoms with Crippen LogP contribution in [-0.2, 0) is 4.79 Å². The van der Waals surface area contributed by atoms with Gasteiger partial charge in [0.25, 0.3) is 11.8 Å². The smallest absolute Gasteiger partial charge is 0.311 e. The van der Waals surface area contributed by atoms with E-state index < -0.39 is 11.4 Å². The molecule has 0 aliphatic heterocycles. The van der Waals surface area contributed by atoms with Gasteiger partial charge in [-0.05, 0) is 38.0 Å². The number of carbonyl (C=O) groups is 3. The first-order valence-corrected chi connectivity index (χ1v) is 8.77. The first kappa shape index (κ1) is 19.0. The van der Waals surface area contributed by atoms with Crippen LogP contribution in [0.4, 0.5) is 0 Å². The van der Waals surface area contributed by atoms with Gasteiger partial charge in [0, 0.05) is 31.3 Å². The summed E-state index contributed by atoms with van der Waals surface area (Å²) >= 11 is 0. The maximum Gasteiger partial charge on any atom is 0.311 e. The highest BCUT2D eigenvalue weighted by Gasteiger charge is 2.39. The summed E-state index contributed by atoms with van der Waals surface area (Å²) < 4.78 is 0. The zero-order chi connectivity index (χ0) is 18.4. The Morgan fingerprint density at radius 2 is 1.80 bits per heavy atom. The van der Waals surface area contributed by atoms with Gasteiger partial charge in [-0.25, -0.2) is 0 Å². The van der Waals surface area contributed by atoms with Crippen LogP contribution in [0.15, 0.2) is 24.3 Å². The summed E-state index contributed by atoms with van der Waals surface area (Å²) in [5.74, 6) is -1.34. The molecule has 2 N–H and O–H groups in total. The van der Waals surface area contributed by atoms with Crippen LogP contribution in [0.25, 0.3) is 0 Å². The number of carbonyl (C=O) groups excluding carboxylic acids is 2. The first-order valence-electron chi connectivity index (χ1n) is 8.77. The second-order valence-corrected chi connectivity index (χ2v) is 6.73. The lowest BCUT2D eigenvalue weighted by molar-refractivity contribution is -0.150. The van der Waals surface area contributed by atoms with E-state index in [2.05, 4.69) is 5.32 Å². The van der Waals surface area contributed by atoms with Crippen molar-refractivity contribution >= 4 is 17.8 Å². The Balaban J connectivity index is 2.08. The Bertz CT molecular complexity index is 651. The molecule has 1 aliphatic rings. The summed E-state index contributed by atoms with van der Waals surface area (Å²) in [4.78, 5) is 37.9. The Morgan fingerprint density at radius 3 is 2.40 bits per heavy atom. The fourth-order valence-corrected chi connectivity index (χ4v) is 3.20. The van der Waals surface area contributed by atoms with E-state index in [4.69, 9.17) is 0 Å². The lowest BCUT2D eigenvalue weighted by Gasteiger charge is -2.33. The molecule has 0 atom stereocenters. The Kier molecular flexibility index (Phi) is 6.17. The first-order chi connectivity index (χ1) is 11.9. The number of hydrogen-bond donors (Lipinski definition) is 2. The molecule has 1 aromatic carbocycles. The van der Waals surface area contributed by atoms with E-state index >= 15 is 0 Å². The van der Waals surface area contributed by atoms with Gasteiger partial charge in [-0.15, -0.1) is 0 Å². The molecule has 0 radical (unpaired) electrons. The van der Waals surface area contributed by atoms with Gasteiger partial charge in [-0.2, -0.15) is 0 Å². The maximum absolute atomic E-state index is 12.4. The topological polar surface area (TPSA) is 86.7 Å². The standard InChI is InChI=1S/C19H26N2O4/c1-3-21(2)17(23)15-9-7-8-14(12-15)16(22)20-13-19(18(24)25)10-5-4-6-11-19/h7-9,12H,3-6,10-11,13H2,1-2H3,(H,20,22)(H,24,25). The largest absolute Gasteiger partial charge is 0.481 e. The molecular formula is C19H26N2O4. The highest BCUT2D eigenvalue weighted by Crippen LogP contribution is 2.36. The fraction of sp³-hybridized carbons (Fsp3) is 0.526. The summed E-state index contributed by atoms with van der Waals surface area (Å²) in [5.41, 5.74) is -0.0571. The van der Waals surface area contributed by atoms with Crippen molar-refractivity contribution in [3.05, 3.63) is 35.4 Å². The summed E-state index contributed by atoms with van der Waals surface area (Å²) in [5, 5.41) is 12.3. The Hall–Kier alpha value is -2.37. The molecule has 1 aromatic rings. The monoisotopic (exact) mass is 346 g/mol. The van der Waals surface area contributed by atoms with E-state index in [-0.39, 0.29) is 18.4 Å². The molecule has 6 nitrogen and oxygen atoms in total. The lowest BCUT2D eigenvalue weighted by atomic mass is 9.74.